The normalized spacial score (nSPS) is 11.0. The molecule has 2 aromatic rings. The summed E-state index contributed by atoms with van der Waals surface area (Å²) in [6.45, 7) is 0. The van der Waals surface area contributed by atoms with Crippen molar-refractivity contribution in [1.29, 1.82) is 0 Å². The Morgan fingerprint density at radius 1 is 1.12 bits per heavy atom. The molecule has 2 aromatic carbocycles. The van der Waals surface area contributed by atoms with Gasteiger partial charge in [0.15, 0.2) is 5.17 Å². The Morgan fingerprint density at radius 3 is 2.38 bits per heavy atom. The lowest BCUT2D eigenvalue weighted by Crippen LogP contribution is -2.29. The minimum absolute atomic E-state index is 0.195. The highest BCUT2D eigenvalue weighted by atomic mass is 35.5. The summed E-state index contributed by atoms with van der Waals surface area (Å²) in [5.41, 5.74) is 0.715. The van der Waals surface area contributed by atoms with E-state index in [2.05, 4.69) is 10.3 Å². The molecule has 0 aliphatic carbocycles. The van der Waals surface area contributed by atoms with E-state index in [1.807, 2.05) is 0 Å². The highest BCUT2D eigenvalue weighted by Gasteiger charge is 2.13. The van der Waals surface area contributed by atoms with Gasteiger partial charge in [-0.2, -0.15) is 4.99 Å². The van der Waals surface area contributed by atoms with Crippen LogP contribution in [-0.4, -0.2) is 30.3 Å². The van der Waals surface area contributed by atoms with E-state index in [1.165, 1.54) is 0 Å². The lowest BCUT2D eigenvalue weighted by molar-refractivity contribution is 0.0978. The predicted molar refractivity (Wildman–Crippen MR) is 97.2 cm³/mol. The highest BCUT2D eigenvalue weighted by molar-refractivity contribution is 8.13. The number of amides is 2. The van der Waals surface area contributed by atoms with Crippen molar-refractivity contribution in [1.82, 2.24) is 5.32 Å². The van der Waals surface area contributed by atoms with E-state index in [9.17, 15) is 9.59 Å². The zero-order chi connectivity index (χ0) is 17.5. The highest BCUT2D eigenvalue weighted by Crippen LogP contribution is 2.15. The van der Waals surface area contributed by atoms with Crippen LogP contribution in [0.3, 0.4) is 0 Å². The van der Waals surface area contributed by atoms with Crippen LogP contribution in [0, 0.1) is 0 Å². The maximum absolute atomic E-state index is 12.2. The van der Waals surface area contributed by atoms with Crippen molar-refractivity contribution in [3.8, 4) is 5.75 Å². The van der Waals surface area contributed by atoms with Crippen molar-refractivity contribution < 1.29 is 14.3 Å². The maximum Gasteiger partial charge on any atom is 0.279 e. The Kier molecular flexibility index (Phi) is 6.40. The monoisotopic (exact) mass is 362 g/mol. The van der Waals surface area contributed by atoms with Crippen LogP contribution in [0.25, 0.3) is 0 Å². The molecule has 0 fully saturated rings. The molecule has 1 N–H and O–H groups in total. The number of thioether (sulfide) groups is 1. The number of halogens is 1. The molecule has 0 spiro atoms. The minimum atomic E-state index is -0.457. The van der Waals surface area contributed by atoms with Crippen LogP contribution < -0.4 is 10.1 Å². The lowest BCUT2D eigenvalue weighted by atomic mass is 10.2. The predicted octanol–water partition coefficient (Wildman–Crippen LogP) is 3.64. The molecule has 0 saturated carbocycles. The lowest BCUT2D eigenvalue weighted by Gasteiger charge is -2.07. The van der Waals surface area contributed by atoms with Crippen LogP contribution in [0.15, 0.2) is 53.5 Å². The summed E-state index contributed by atoms with van der Waals surface area (Å²) < 4.78 is 5.04. The zero-order valence-electron chi connectivity index (χ0n) is 13.1. The first-order valence-corrected chi connectivity index (χ1v) is 8.52. The average Bonchev–Trinajstić information content (AvgIpc) is 2.61. The first-order chi connectivity index (χ1) is 11.5. The molecule has 0 saturated heterocycles. The molecule has 0 unspecified atom stereocenters. The third kappa shape index (κ3) is 4.59. The molecule has 7 heteroatoms. The van der Waals surface area contributed by atoms with Crippen LogP contribution in [-0.2, 0) is 0 Å². The largest absolute Gasteiger partial charge is 0.497 e. The standard InChI is InChI=1S/C17H15ClN2O3S/c1-23-12-9-7-11(8-10-12)15(21)19-17(24-2)20-16(22)13-5-3-4-6-14(13)18/h3-10H,1-2H3,(H,19,20,21,22). The zero-order valence-corrected chi connectivity index (χ0v) is 14.6. The molecule has 124 valence electrons. The van der Waals surface area contributed by atoms with Crippen LogP contribution in [0.4, 0.5) is 0 Å². The molecule has 0 bridgehead atoms. The fraction of sp³-hybridized carbons (Fsp3) is 0.118. The van der Waals surface area contributed by atoms with Gasteiger partial charge in [0.05, 0.1) is 17.7 Å². The molecule has 5 nitrogen and oxygen atoms in total. The van der Waals surface area contributed by atoms with Crippen LogP contribution >= 0.6 is 23.4 Å². The number of amidine groups is 1. The first-order valence-electron chi connectivity index (χ1n) is 6.92. The number of aliphatic imine (C=N–C) groups is 1. The molecule has 0 aliphatic heterocycles. The topological polar surface area (TPSA) is 67.8 Å². The number of methoxy groups -OCH3 is 1. The van der Waals surface area contributed by atoms with Gasteiger partial charge in [-0.1, -0.05) is 35.5 Å². The number of ether oxygens (including phenoxy) is 1. The fourth-order valence-electron chi connectivity index (χ4n) is 1.82. The van der Waals surface area contributed by atoms with Crippen molar-refractivity contribution in [2.24, 2.45) is 4.99 Å². The summed E-state index contributed by atoms with van der Waals surface area (Å²) in [4.78, 5) is 28.3. The summed E-state index contributed by atoms with van der Waals surface area (Å²) in [5, 5.41) is 3.12. The van der Waals surface area contributed by atoms with Crippen molar-refractivity contribution in [3.05, 3.63) is 64.7 Å². The SMILES string of the molecule is COc1ccc(C(=O)N=C(NC(=O)c2ccccc2Cl)SC)cc1. The maximum atomic E-state index is 12.2. The van der Waals surface area contributed by atoms with Gasteiger partial charge in [-0.15, -0.1) is 0 Å². The quantitative estimate of drug-likeness (QED) is 0.668. The number of hydrogen-bond donors (Lipinski definition) is 1. The van der Waals surface area contributed by atoms with Gasteiger partial charge in [0.25, 0.3) is 11.8 Å². The van der Waals surface area contributed by atoms with Gasteiger partial charge in [0.2, 0.25) is 0 Å². The number of hydrogen-bond acceptors (Lipinski definition) is 4. The number of carbonyl (C=O) groups is 2. The summed E-state index contributed by atoms with van der Waals surface area (Å²) >= 11 is 7.15. The molecule has 0 radical (unpaired) electrons. The van der Waals surface area contributed by atoms with E-state index in [-0.39, 0.29) is 5.17 Å². The third-order valence-corrected chi connectivity index (χ3v) is 3.98. The third-order valence-electron chi connectivity index (χ3n) is 3.07. The van der Waals surface area contributed by atoms with Crippen LogP contribution in [0.1, 0.15) is 20.7 Å². The summed E-state index contributed by atoms with van der Waals surface area (Å²) in [6.07, 6.45) is 1.72. The Labute approximate surface area is 149 Å². The van der Waals surface area contributed by atoms with Gasteiger partial charge in [-0.25, -0.2) is 0 Å². The van der Waals surface area contributed by atoms with Crippen molar-refractivity contribution in [3.63, 3.8) is 0 Å². The molecule has 0 atom stereocenters. The molecule has 0 aromatic heterocycles. The molecule has 0 aliphatic rings. The van der Waals surface area contributed by atoms with Gasteiger partial charge >= 0.3 is 0 Å². The smallest absolute Gasteiger partial charge is 0.279 e. The first kappa shape index (κ1) is 18.0. The molecule has 0 heterocycles. The fourth-order valence-corrected chi connectivity index (χ4v) is 2.42. The van der Waals surface area contributed by atoms with Gasteiger partial charge in [-0.3, -0.25) is 9.59 Å². The number of carbonyl (C=O) groups excluding carboxylic acids is 2. The van der Waals surface area contributed by atoms with E-state index in [0.29, 0.717) is 21.9 Å². The number of nitrogens with zero attached hydrogens (tertiary/aromatic N) is 1. The van der Waals surface area contributed by atoms with E-state index >= 15 is 0 Å². The van der Waals surface area contributed by atoms with Crippen molar-refractivity contribution in [2.75, 3.05) is 13.4 Å². The summed E-state index contributed by atoms with van der Waals surface area (Å²) in [5.74, 6) is -0.231. The van der Waals surface area contributed by atoms with Gasteiger partial charge in [-0.05, 0) is 42.7 Å². The summed E-state index contributed by atoms with van der Waals surface area (Å²) in [6, 6.07) is 13.2. The van der Waals surface area contributed by atoms with E-state index in [4.69, 9.17) is 16.3 Å². The van der Waals surface area contributed by atoms with E-state index in [1.54, 1.807) is 61.9 Å². The molecule has 2 amide bonds. The Morgan fingerprint density at radius 2 is 1.79 bits per heavy atom. The van der Waals surface area contributed by atoms with Gasteiger partial charge < -0.3 is 10.1 Å². The molecular weight excluding hydrogens is 348 g/mol. The average molecular weight is 363 g/mol. The van der Waals surface area contributed by atoms with Crippen LogP contribution in [0.2, 0.25) is 5.02 Å². The van der Waals surface area contributed by atoms with Gasteiger partial charge in [0.1, 0.15) is 5.75 Å². The molecule has 24 heavy (non-hydrogen) atoms. The van der Waals surface area contributed by atoms with Crippen LogP contribution in [0.5, 0.6) is 5.75 Å². The van der Waals surface area contributed by atoms with Gasteiger partial charge in [0, 0.05) is 5.56 Å². The second-order valence-electron chi connectivity index (χ2n) is 4.59. The number of rotatable bonds is 3. The van der Waals surface area contributed by atoms with Crippen molar-refractivity contribution >= 4 is 40.3 Å². The Hall–Kier alpha value is -2.31. The second-order valence-corrected chi connectivity index (χ2v) is 5.79. The Bertz CT molecular complexity index is 776. The molecular formula is C17H15ClN2O3S. The molecule has 2 rings (SSSR count). The van der Waals surface area contributed by atoms with Crippen molar-refractivity contribution in [2.45, 2.75) is 0 Å². The van der Waals surface area contributed by atoms with E-state index in [0.717, 1.165) is 11.8 Å². The number of benzene rings is 2. The number of nitrogens with one attached hydrogen (secondary N) is 1. The minimum Gasteiger partial charge on any atom is -0.497 e. The second kappa shape index (κ2) is 8.52. The summed E-state index contributed by atoms with van der Waals surface area (Å²) in [7, 11) is 1.55. The Balaban J connectivity index is 2.14. The van der Waals surface area contributed by atoms with E-state index < -0.39 is 11.8 Å².